The van der Waals surface area contributed by atoms with Crippen LogP contribution < -0.4 is 24.2 Å². The summed E-state index contributed by atoms with van der Waals surface area (Å²) in [7, 11) is -2.40. The first kappa shape index (κ1) is 30.0. The van der Waals surface area contributed by atoms with Gasteiger partial charge in [0.05, 0.1) is 35.3 Å². The van der Waals surface area contributed by atoms with Crippen molar-refractivity contribution >= 4 is 33.3 Å². The summed E-state index contributed by atoms with van der Waals surface area (Å²) in [6.45, 7) is 3.80. The minimum atomic E-state index is -4.01. The minimum absolute atomic E-state index is 0.0447. The van der Waals surface area contributed by atoms with E-state index in [1.807, 2.05) is 6.92 Å². The summed E-state index contributed by atoms with van der Waals surface area (Å²) >= 11 is 0. The van der Waals surface area contributed by atoms with Crippen LogP contribution in [0.5, 0.6) is 17.2 Å². The Hall–Kier alpha value is -4.49. The Bertz CT molecular complexity index is 1600. The molecule has 0 aliphatic carbocycles. The van der Waals surface area contributed by atoms with Crippen molar-refractivity contribution in [3.05, 3.63) is 72.3 Å². The van der Waals surface area contributed by atoms with E-state index < -0.39 is 34.1 Å². The largest absolute Gasteiger partial charge is 0.485 e. The zero-order chi connectivity index (χ0) is 30.7. The lowest BCUT2D eigenvalue weighted by molar-refractivity contribution is 0.0373. The van der Waals surface area contributed by atoms with Crippen LogP contribution in [-0.4, -0.2) is 80.9 Å². The highest BCUT2D eigenvalue weighted by atomic mass is 32.2. The van der Waals surface area contributed by atoms with Crippen LogP contribution in [-0.2, 0) is 10.0 Å². The third-order valence-electron chi connectivity index (χ3n) is 7.41. The van der Waals surface area contributed by atoms with Crippen molar-refractivity contribution in [3.8, 4) is 17.2 Å². The number of hydrogen-bond acceptors (Lipinski definition) is 8. The molecule has 3 aromatic rings. The molecule has 2 aliphatic rings. The SMILES string of the molecule is C[C@H](CO)N1C[C@H](C)[C@@H](CN(C)C(=O)Nc2ccc3c(c2)OCO3)Oc2c(NS(=O)(=O)c3ccccc3)cccc2C1=O. The first-order valence-corrected chi connectivity index (χ1v) is 15.3. The second-order valence-corrected chi connectivity index (χ2v) is 12.3. The number of para-hydroxylation sites is 1. The van der Waals surface area contributed by atoms with Gasteiger partial charge >= 0.3 is 6.03 Å². The molecule has 3 N–H and O–H groups in total. The first-order chi connectivity index (χ1) is 20.6. The van der Waals surface area contributed by atoms with E-state index >= 15 is 0 Å². The van der Waals surface area contributed by atoms with Crippen molar-refractivity contribution in [1.29, 1.82) is 0 Å². The van der Waals surface area contributed by atoms with E-state index in [2.05, 4.69) is 10.0 Å². The molecule has 0 aromatic heterocycles. The number of sulfonamides is 1. The number of rotatable bonds is 8. The molecule has 5 rings (SSSR count). The monoisotopic (exact) mass is 610 g/mol. The summed E-state index contributed by atoms with van der Waals surface area (Å²) in [4.78, 5) is 29.9. The molecule has 0 radical (unpaired) electrons. The van der Waals surface area contributed by atoms with E-state index in [0.717, 1.165) is 0 Å². The summed E-state index contributed by atoms with van der Waals surface area (Å²) in [6.07, 6.45) is -0.657. The number of amides is 3. The molecule has 12 nitrogen and oxygen atoms in total. The van der Waals surface area contributed by atoms with Gasteiger partial charge in [-0.25, -0.2) is 13.2 Å². The van der Waals surface area contributed by atoms with Crippen molar-refractivity contribution in [3.63, 3.8) is 0 Å². The molecule has 0 spiro atoms. The molecule has 0 saturated heterocycles. The second kappa shape index (κ2) is 12.4. The van der Waals surface area contributed by atoms with Gasteiger partial charge in [0.15, 0.2) is 17.2 Å². The molecule has 3 aromatic carbocycles. The van der Waals surface area contributed by atoms with Crippen molar-refractivity contribution in [2.75, 3.05) is 43.6 Å². The van der Waals surface area contributed by atoms with Gasteiger partial charge in [0.25, 0.3) is 15.9 Å². The van der Waals surface area contributed by atoms with Gasteiger partial charge in [0, 0.05) is 31.3 Å². The fourth-order valence-electron chi connectivity index (χ4n) is 4.89. The summed E-state index contributed by atoms with van der Waals surface area (Å²) < 4.78 is 46.2. The number of urea groups is 1. The molecular weight excluding hydrogens is 576 g/mol. The van der Waals surface area contributed by atoms with Crippen molar-refractivity contribution in [2.45, 2.75) is 30.9 Å². The number of anilines is 2. The zero-order valence-electron chi connectivity index (χ0n) is 24.0. The van der Waals surface area contributed by atoms with Gasteiger partial charge < -0.3 is 34.4 Å². The molecular formula is C30H34N4O8S. The molecule has 13 heteroatoms. The topological polar surface area (TPSA) is 147 Å². The predicted octanol–water partition coefficient (Wildman–Crippen LogP) is 3.60. The predicted molar refractivity (Wildman–Crippen MR) is 159 cm³/mol. The van der Waals surface area contributed by atoms with Crippen LogP contribution in [0.15, 0.2) is 71.6 Å². The zero-order valence-corrected chi connectivity index (χ0v) is 24.8. The standard InChI is InChI=1S/C30H34N4O8S/c1-19-15-34(20(2)17-35)29(36)23-10-7-11-24(32-43(38,39)22-8-5-4-6-9-22)28(23)42-27(19)16-33(3)30(37)31-21-12-13-25-26(14-21)41-18-40-25/h4-14,19-20,27,32,35H,15-18H2,1-3H3,(H,31,37)/t19-,20+,27+/m0/s1. The highest BCUT2D eigenvalue weighted by Gasteiger charge is 2.35. The lowest BCUT2D eigenvalue weighted by atomic mass is 9.99. The fourth-order valence-corrected chi connectivity index (χ4v) is 5.97. The molecule has 43 heavy (non-hydrogen) atoms. The summed E-state index contributed by atoms with van der Waals surface area (Å²) in [5, 5.41) is 12.8. The van der Waals surface area contributed by atoms with Crippen LogP contribution in [0.1, 0.15) is 24.2 Å². The van der Waals surface area contributed by atoms with Gasteiger partial charge in [0.2, 0.25) is 6.79 Å². The number of nitrogens with zero attached hydrogens (tertiary/aromatic N) is 2. The van der Waals surface area contributed by atoms with Gasteiger partial charge in [-0.15, -0.1) is 0 Å². The summed E-state index contributed by atoms with van der Waals surface area (Å²) in [5.74, 6) is 0.449. The van der Waals surface area contributed by atoms with Crippen molar-refractivity contribution in [1.82, 2.24) is 9.80 Å². The Morgan fingerprint density at radius 3 is 2.58 bits per heavy atom. The summed E-state index contributed by atoms with van der Waals surface area (Å²) in [5.41, 5.74) is 0.736. The maximum Gasteiger partial charge on any atom is 0.321 e. The number of nitrogens with one attached hydrogen (secondary N) is 2. The Kier molecular flexibility index (Phi) is 8.64. The van der Waals surface area contributed by atoms with Crippen LogP contribution in [0.3, 0.4) is 0 Å². The molecule has 0 unspecified atom stereocenters. The Morgan fingerprint density at radius 2 is 1.84 bits per heavy atom. The van der Waals surface area contributed by atoms with E-state index in [1.165, 1.54) is 23.1 Å². The average Bonchev–Trinajstić information content (AvgIpc) is 3.47. The molecule has 3 amide bonds. The number of carbonyl (C=O) groups is 2. The van der Waals surface area contributed by atoms with E-state index in [9.17, 15) is 23.1 Å². The molecule has 0 saturated carbocycles. The third-order valence-corrected chi connectivity index (χ3v) is 8.79. The normalized spacial score (nSPS) is 18.5. The maximum absolute atomic E-state index is 13.7. The van der Waals surface area contributed by atoms with Crippen LogP contribution in [0.2, 0.25) is 0 Å². The Morgan fingerprint density at radius 1 is 1.09 bits per heavy atom. The molecule has 228 valence electrons. The lowest BCUT2D eigenvalue weighted by Crippen LogP contribution is -2.50. The van der Waals surface area contributed by atoms with Gasteiger partial charge in [-0.2, -0.15) is 0 Å². The van der Waals surface area contributed by atoms with Gasteiger partial charge in [0.1, 0.15) is 6.10 Å². The second-order valence-electron chi connectivity index (χ2n) is 10.6. The lowest BCUT2D eigenvalue weighted by Gasteiger charge is -2.38. The fraction of sp³-hybridized carbons (Fsp3) is 0.333. The van der Waals surface area contributed by atoms with E-state index in [-0.39, 0.29) is 54.3 Å². The van der Waals surface area contributed by atoms with Crippen LogP contribution >= 0.6 is 0 Å². The highest BCUT2D eigenvalue weighted by Crippen LogP contribution is 2.37. The number of hydrogen-bond donors (Lipinski definition) is 3. The van der Waals surface area contributed by atoms with E-state index in [0.29, 0.717) is 17.2 Å². The number of carbonyl (C=O) groups excluding carboxylic acids is 2. The first-order valence-electron chi connectivity index (χ1n) is 13.8. The summed E-state index contributed by atoms with van der Waals surface area (Å²) in [6, 6.07) is 16.7. The third kappa shape index (κ3) is 6.47. The highest BCUT2D eigenvalue weighted by molar-refractivity contribution is 7.92. The van der Waals surface area contributed by atoms with Crippen LogP contribution in [0.4, 0.5) is 16.2 Å². The maximum atomic E-state index is 13.7. The van der Waals surface area contributed by atoms with Gasteiger partial charge in [-0.1, -0.05) is 31.2 Å². The average molecular weight is 611 g/mol. The molecule has 0 bridgehead atoms. The number of benzene rings is 3. The Balaban J connectivity index is 1.44. The smallest absolute Gasteiger partial charge is 0.321 e. The number of aliphatic hydroxyl groups excluding tert-OH is 1. The quantitative estimate of drug-likeness (QED) is 0.351. The van der Waals surface area contributed by atoms with E-state index in [1.54, 1.807) is 67.4 Å². The van der Waals surface area contributed by atoms with E-state index in [4.69, 9.17) is 14.2 Å². The number of ether oxygens (including phenoxy) is 3. The van der Waals surface area contributed by atoms with Gasteiger partial charge in [-0.3, -0.25) is 9.52 Å². The molecule has 0 fully saturated rings. The Labute approximate surface area is 250 Å². The number of fused-ring (bicyclic) bond motifs is 2. The van der Waals surface area contributed by atoms with Crippen LogP contribution in [0, 0.1) is 5.92 Å². The number of aliphatic hydroxyl groups is 1. The molecule has 2 heterocycles. The van der Waals surface area contributed by atoms with Crippen molar-refractivity contribution in [2.24, 2.45) is 5.92 Å². The molecule has 2 aliphatic heterocycles. The van der Waals surface area contributed by atoms with Crippen molar-refractivity contribution < 1.29 is 37.3 Å². The number of likely N-dealkylation sites (N-methyl/N-ethyl adjacent to an activating group) is 1. The minimum Gasteiger partial charge on any atom is -0.485 e. The van der Waals surface area contributed by atoms with Crippen LogP contribution in [0.25, 0.3) is 0 Å². The molecule has 3 atom stereocenters. The van der Waals surface area contributed by atoms with Gasteiger partial charge in [-0.05, 0) is 43.3 Å².